The van der Waals surface area contributed by atoms with Crippen LogP contribution in [0.15, 0.2) is 54.6 Å². The smallest absolute Gasteiger partial charge is 0.269 e. The second-order valence-corrected chi connectivity index (χ2v) is 7.75. The molecule has 0 aliphatic heterocycles. The Bertz CT molecular complexity index is 1020. The second kappa shape index (κ2) is 7.44. The van der Waals surface area contributed by atoms with Gasteiger partial charge < -0.3 is 5.32 Å². The zero-order valence-corrected chi connectivity index (χ0v) is 16.4. The van der Waals surface area contributed by atoms with Crippen LogP contribution in [0.3, 0.4) is 0 Å². The van der Waals surface area contributed by atoms with E-state index in [1.165, 1.54) is 24.3 Å². The number of nitro benzene ring substituents is 1. The monoisotopic (exact) mass is 398 g/mol. The number of aromatic nitrogens is 2. The van der Waals surface area contributed by atoms with Crippen LogP contribution < -0.4 is 5.32 Å². The number of carbonyl (C=O) groups is 1. The number of non-ortho nitro benzene ring substituents is 1. The van der Waals surface area contributed by atoms with E-state index in [-0.39, 0.29) is 17.0 Å². The van der Waals surface area contributed by atoms with Gasteiger partial charge in [0.05, 0.1) is 16.3 Å². The number of benzene rings is 2. The molecule has 0 bridgehead atoms. The number of nitrogens with one attached hydrogen (secondary N) is 1. The summed E-state index contributed by atoms with van der Waals surface area (Å²) in [4.78, 5) is 22.9. The van der Waals surface area contributed by atoms with E-state index in [4.69, 9.17) is 11.6 Å². The highest BCUT2D eigenvalue weighted by atomic mass is 35.5. The van der Waals surface area contributed by atoms with Crippen LogP contribution in [0.5, 0.6) is 0 Å². The molecular formula is C20H19ClN4O3. The van der Waals surface area contributed by atoms with E-state index in [9.17, 15) is 14.9 Å². The van der Waals surface area contributed by atoms with E-state index < -0.39 is 4.92 Å². The van der Waals surface area contributed by atoms with Crippen molar-refractivity contribution in [3.8, 4) is 5.69 Å². The molecule has 2 aromatic carbocycles. The summed E-state index contributed by atoms with van der Waals surface area (Å²) >= 11 is 5.97. The standard InChI is InChI=1S/C20H19ClN4O3/c1-20(2,3)17-12-18(24(23-17)15-10-6-14(21)7-11-15)22-19(26)13-4-8-16(9-5-13)25(27)28/h4-12H,1-3H3,(H,22,26). The molecule has 0 unspecified atom stereocenters. The Balaban J connectivity index is 1.95. The number of nitrogens with zero attached hydrogens (tertiary/aromatic N) is 3. The molecule has 7 nitrogen and oxygen atoms in total. The van der Waals surface area contributed by atoms with E-state index in [1.54, 1.807) is 16.8 Å². The van der Waals surface area contributed by atoms with Gasteiger partial charge in [-0.3, -0.25) is 14.9 Å². The van der Waals surface area contributed by atoms with Gasteiger partial charge in [0.15, 0.2) is 0 Å². The van der Waals surface area contributed by atoms with Crippen LogP contribution in [0.2, 0.25) is 5.02 Å². The maximum absolute atomic E-state index is 12.6. The molecule has 0 saturated carbocycles. The first-order valence-electron chi connectivity index (χ1n) is 8.57. The summed E-state index contributed by atoms with van der Waals surface area (Å²) in [6.07, 6.45) is 0. The summed E-state index contributed by atoms with van der Waals surface area (Å²) in [5, 5.41) is 18.9. The zero-order chi connectivity index (χ0) is 20.5. The molecular weight excluding hydrogens is 380 g/mol. The molecule has 0 fully saturated rings. The quantitative estimate of drug-likeness (QED) is 0.495. The lowest BCUT2D eigenvalue weighted by molar-refractivity contribution is -0.384. The molecule has 3 aromatic rings. The number of anilines is 1. The fraction of sp³-hybridized carbons (Fsp3) is 0.200. The lowest BCUT2D eigenvalue weighted by Gasteiger charge is -2.14. The average molecular weight is 399 g/mol. The number of halogens is 1. The Morgan fingerprint density at radius 3 is 2.25 bits per heavy atom. The van der Waals surface area contributed by atoms with Gasteiger partial charge in [0.1, 0.15) is 5.82 Å². The van der Waals surface area contributed by atoms with Crippen molar-refractivity contribution >= 4 is 29.0 Å². The Kier molecular flexibility index (Phi) is 5.20. The van der Waals surface area contributed by atoms with Crippen molar-refractivity contribution in [2.45, 2.75) is 26.2 Å². The van der Waals surface area contributed by atoms with Gasteiger partial charge in [0.2, 0.25) is 0 Å². The number of amides is 1. The zero-order valence-electron chi connectivity index (χ0n) is 15.6. The first-order valence-corrected chi connectivity index (χ1v) is 8.95. The van der Waals surface area contributed by atoms with E-state index in [0.29, 0.717) is 16.4 Å². The van der Waals surface area contributed by atoms with Gasteiger partial charge in [0.25, 0.3) is 11.6 Å². The van der Waals surface area contributed by atoms with Crippen molar-refractivity contribution in [2.24, 2.45) is 0 Å². The van der Waals surface area contributed by atoms with E-state index >= 15 is 0 Å². The highest BCUT2D eigenvalue weighted by Crippen LogP contribution is 2.27. The molecule has 0 radical (unpaired) electrons. The summed E-state index contributed by atoms with van der Waals surface area (Å²) in [6.45, 7) is 6.09. The molecule has 144 valence electrons. The Hall–Kier alpha value is -3.19. The van der Waals surface area contributed by atoms with Crippen molar-refractivity contribution < 1.29 is 9.72 Å². The number of carbonyl (C=O) groups excluding carboxylic acids is 1. The molecule has 0 aliphatic rings. The van der Waals surface area contributed by atoms with Crippen LogP contribution >= 0.6 is 11.6 Å². The molecule has 1 N–H and O–H groups in total. The third kappa shape index (κ3) is 4.20. The summed E-state index contributed by atoms with van der Waals surface area (Å²) < 4.78 is 1.64. The van der Waals surface area contributed by atoms with Gasteiger partial charge in [-0.1, -0.05) is 32.4 Å². The van der Waals surface area contributed by atoms with Gasteiger partial charge in [-0.15, -0.1) is 0 Å². The van der Waals surface area contributed by atoms with Gasteiger partial charge in [-0.05, 0) is 36.4 Å². The van der Waals surface area contributed by atoms with Crippen LogP contribution in [0.1, 0.15) is 36.8 Å². The molecule has 1 aromatic heterocycles. The van der Waals surface area contributed by atoms with Crippen LogP contribution in [-0.4, -0.2) is 20.6 Å². The highest BCUT2D eigenvalue weighted by Gasteiger charge is 2.22. The normalized spacial score (nSPS) is 11.3. The van der Waals surface area contributed by atoms with Gasteiger partial charge in [-0.25, -0.2) is 4.68 Å². The van der Waals surface area contributed by atoms with Crippen LogP contribution in [0.4, 0.5) is 11.5 Å². The van der Waals surface area contributed by atoms with E-state index in [0.717, 1.165) is 11.4 Å². The SMILES string of the molecule is CC(C)(C)c1cc(NC(=O)c2ccc([N+](=O)[O-])cc2)n(-c2ccc(Cl)cc2)n1. The molecule has 28 heavy (non-hydrogen) atoms. The topological polar surface area (TPSA) is 90.1 Å². The van der Waals surface area contributed by atoms with Crippen LogP contribution in [-0.2, 0) is 5.41 Å². The summed E-state index contributed by atoms with van der Waals surface area (Å²) in [5.74, 6) is 0.112. The summed E-state index contributed by atoms with van der Waals surface area (Å²) in [6, 6.07) is 14.4. The van der Waals surface area contributed by atoms with Crippen molar-refractivity contribution in [3.05, 3.63) is 81.0 Å². The molecule has 8 heteroatoms. The van der Waals surface area contributed by atoms with Crippen molar-refractivity contribution in [3.63, 3.8) is 0 Å². The minimum atomic E-state index is -0.507. The molecule has 0 atom stereocenters. The minimum Gasteiger partial charge on any atom is -0.306 e. The lowest BCUT2D eigenvalue weighted by atomic mass is 9.92. The molecule has 1 amide bonds. The third-order valence-electron chi connectivity index (χ3n) is 4.13. The second-order valence-electron chi connectivity index (χ2n) is 7.31. The fourth-order valence-corrected chi connectivity index (χ4v) is 2.66. The van der Waals surface area contributed by atoms with Crippen LogP contribution in [0, 0.1) is 10.1 Å². The summed E-state index contributed by atoms with van der Waals surface area (Å²) in [7, 11) is 0. The Labute approximate surface area is 167 Å². The molecule has 3 rings (SSSR count). The lowest BCUT2D eigenvalue weighted by Crippen LogP contribution is -2.15. The number of hydrogen-bond donors (Lipinski definition) is 1. The van der Waals surface area contributed by atoms with Crippen molar-refractivity contribution in [1.29, 1.82) is 0 Å². The third-order valence-corrected chi connectivity index (χ3v) is 4.38. The van der Waals surface area contributed by atoms with E-state index in [1.807, 2.05) is 39.0 Å². The Morgan fingerprint density at radius 1 is 1.11 bits per heavy atom. The molecule has 0 aliphatic carbocycles. The first-order chi connectivity index (χ1) is 13.1. The van der Waals surface area contributed by atoms with Gasteiger partial charge in [-0.2, -0.15) is 5.10 Å². The fourth-order valence-electron chi connectivity index (χ4n) is 2.54. The Morgan fingerprint density at radius 2 is 1.71 bits per heavy atom. The van der Waals surface area contributed by atoms with Gasteiger partial charge in [0, 0.05) is 34.2 Å². The maximum Gasteiger partial charge on any atom is 0.269 e. The van der Waals surface area contributed by atoms with E-state index in [2.05, 4.69) is 10.4 Å². The van der Waals surface area contributed by atoms with Gasteiger partial charge >= 0.3 is 0 Å². The first kappa shape index (κ1) is 19.6. The summed E-state index contributed by atoms with van der Waals surface area (Å²) in [5.41, 5.74) is 1.58. The molecule has 0 spiro atoms. The highest BCUT2D eigenvalue weighted by molar-refractivity contribution is 6.30. The maximum atomic E-state index is 12.6. The average Bonchev–Trinajstić information content (AvgIpc) is 3.06. The van der Waals surface area contributed by atoms with Crippen molar-refractivity contribution in [1.82, 2.24) is 9.78 Å². The van der Waals surface area contributed by atoms with Crippen molar-refractivity contribution in [2.75, 3.05) is 5.32 Å². The largest absolute Gasteiger partial charge is 0.306 e. The predicted molar refractivity (Wildman–Crippen MR) is 108 cm³/mol. The minimum absolute atomic E-state index is 0.0715. The molecule has 1 heterocycles. The molecule has 0 saturated heterocycles. The number of nitro groups is 1. The number of rotatable bonds is 4. The number of hydrogen-bond acceptors (Lipinski definition) is 4. The van der Waals surface area contributed by atoms with Crippen LogP contribution in [0.25, 0.3) is 5.69 Å². The predicted octanol–water partition coefficient (Wildman–Crippen LogP) is 4.98.